The summed E-state index contributed by atoms with van der Waals surface area (Å²) in [6.07, 6.45) is 17.8. The molecule has 2 heterocycles. The van der Waals surface area contributed by atoms with Crippen LogP contribution in [0.15, 0.2) is 32.6 Å². The van der Waals surface area contributed by atoms with Gasteiger partial charge in [0.15, 0.2) is 0 Å². The molecule has 71 heavy (non-hydrogen) atoms. The molecular formula is C56H110N2O10P2Tc. The molecule has 0 saturated heterocycles. The van der Waals surface area contributed by atoms with E-state index in [0.717, 1.165) is 38.5 Å². The summed E-state index contributed by atoms with van der Waals surface area (Å²) in [4.78, 5) is 8.62. The molecule has 0 aromatic rings. The zero-order chi connectivity index (χ0) is 54.8. The summed E-state index contributed by atoms with van der Waals surface area (Å²) >= 11 is 0. The summed E-state index contributed by atoms with van der Waals surface area (Å²) in [6, 6.07) is 0. The Labute approximate surface area is 452 Å². The minimum absolute atomic E-state index is 0. The van der Waals surface area contributed by atoms with Gasteiger partial charge in [-0.15, -0.1) is 0 Å². The third-order valence-corrected chi connectivity index (χ3v) is 20.2. The first-order valence-electron chi connectivity index (χ1n) is 25.9. The molecule has 0 spiro atoms. The Morgan fingerprint density at radius 1 is 0.394 bits per heavy atom. The van der Waals surface area contributed by atoms with Crippen LogP contribution >= 0.6 is 15.8 Å². The van der Waals surface area contributed by atoms with Gasteiger partial charge in [-0.25, -0.2) is 0 Å². The molecule has 2 aliphatic rings. The average molecular weight is 1130 g/mol. The largest absolute Gasteiger partial charge is 0.873 e. The number of rotatable bonds is 29. The number of hydrogen-bond acceptors (Lipinski definition) is 12. The number of ether oxygens (including phenoxy) is 8. The summed E-state index contributed by atoms with van der Waals surface area (Å²) in [7, 11) is 10.1. The topological polar surface area (TPSA) is 145 Å². The first kappa shape index (κ1) is 72.7. The van der Waals surface area contributed by atoms with Crippen molar-refractivity contribution in [2.24, 2.45) is 9.98 Å². The standard InChI is InChI=1S/C20H32N2O4.2C18H39O3P.Tc/c1-17(2)13(15(23)19(5,6)25-17)11-21-9-10-22-12-14-16(24)20(7,8)26-18(14,3)4;2*1-16(2,19-7)10-13-22(14-11-17(3,4)20-8)15-12-18(5,6)21-9;/h11-12,23-24H,9-10H2,1-8H3;2*10-15H2,1-9H3;/i;;;1+1. The molecule has 1 radical (unpaired) electrons. The predicted molar refractivity (Wildman–Crippen MR) is 299 cm³/mol. The average Bonchev–Trinajstić information content (AvgIpc) is 3.52. The minimum Gasteiger partial charge on any atom is -0.873 e. The molecule has 0 amide bonds. The van der Waals surface area contributed by atoms with Crippen LogP contribution in [0.2, 0.25) is 0 Å². The summed E-state index contributed by atoms with van der Waals surface area (Å²) < 4.78 is 45.1. The number of aliphatic imine (C=N–C) groups is 2. The Bertz CT molecular complexity index is 1450. The molecule has 0 saturated carbocycles. The summed E-state index contributed by atoms with van der Waals surface area (Å²) in [6.45, 7) is 41.6. The maximum atomic E-state index is 12.4. The number of hydrogen-bond donors (Lipinski definition) is 0. The van der Waals surface area contributed by atoms with Gasteiger partial charge in [0.05, 0.1) is 106 Å². The van der Waals surface area contributed by atoms with Gasteiger partial charge in [-0.05, 0) is 150 Å². The maximum absolute atomic E-state index is 12.4. The monoisotopic (exact) mass is 1130 g/mol. The van der Waals surface area contributed by atoms with Crippen molar-refractivity contribution >= 4 is 28.3 Å². The van der Waals surface area contributed by atoms with E-state index >= 15 is 0 Å². The second-order valence-corrected chi connectivity index (χ2v) is 31.1. The van der Waals surface area contributed by atoms with Gasteiger partial charge in [0, 0.05) is 130 Å². The predicted octanol–water partition coefficient (Wildman–Crippen LogP) is 10.8. The molecule has 0 bridgehead atoms. The van der Waals surface area contributed by atoms with Crippen molar-refractivity contribution in [3.63, 3.8) is 0 Å². The third-order valence-electron chi connectivity index (χ3n) is 14.5. The van der Waals surface area contributed by atoms with Gasteiger partial charge < -0.3 is 48.1 Å². The fourth-order valence-corrected chi connectivity index (χ4v) is 15.0. The van der Waals surface area contributed by atoms with Crippen LogP contribution in [0.5, 0.6) is 0 Å². The van der Waals surface area contributed by atoms with Crippen LogP contribution in [-0.4, -0.2) is 161 Å². The smallest absolute Gasteiger partial charge is 0.0893 e. The van der Waals surface area contributed by atoms with Crippen LogP contribution < -0.4 is 10.2 Å². The zero-order valence-corrected chi connectivity index (χ0v) is 54.3. The van der Waals surface area contributed by atoms with E-state index in [1.807, 2.05) is 70.4 Å². The van der Waals surface area contributed by atoms with Crippen LogP contribution in [-0.2, 0) is 58.0 Å². The van der Waals surface area contributed by atoms with Crippen LogP contribution in [0.4, 0.5) is 0 Å². The molecule has 2 rings (SSSR count). The fraction of sp³-hybridized carbons (Fsp3) is 0.893. The molecule has 0 aromatic heterocycles. The summed E-state index contributed by atoms with van der Waals surface area (Å²) in [5.41, 5.74) is -1.85. The second-order valence-electron chi connectivity index (χ2n) is 25.1. The molecule has 0 aliphatic carbocycles. The maximum Gasteiger partial charge on any atom is 0.0893 e. The van der Waals surface area contributed by atoms with E-state index in [-0.39, 0.29) is 65.2 Å². The van der Waals surface area contributed by atoms with Crippen molar-refractivity contribution in [3.8, 4) is 0 Å². The van der Waals surface area contributed by atoms with Crippen LogP contribution in [0.1, 0.15) is 177 Å². The van der Waals surface area contributed by atoms with Gasteiger partial charge in [-0.2, -0.15) is 0 Å². The van der Waals surface area contributed by atoms with Crippen molar-refractivity contribution in [3.05, 3.63) is 22.7 Å². The van der Waals surface area contributed by atoms with Gasteiger partial charge >= 0.3 is 0 Å². The number of methoxy groups -OCH3 is 6. The van der Waals surface area contributed by atoms with Crippen molar-refractivity contribution in [2.45, 2.75) is 233 Å². The normalized spacial score (nSPS) is 18.4. The van der Waals surface area contributed by atoms with E-state index in [4.69, 9.17) is 37.9 Å². The third kappa shape index (κ3) is 28.0. The Morgan fingerprint density at radius 3 is 0.718 bits per heavy atom. The van der Waals surface area contributed by atoms with Crippen molar-refractivity contribution in [2.75, 3.05) is 92.7 Å². The van der Waals surface area contributed by atoms with Gasteiger partial charge in [0.2, 0.25) is 0 Å². The van der Waals surface area contributed by atoms with Crippen molar-refractivity contribution in [1.82, 2.24) is 0 Å². The van der Waals surface area contributed by atoms with Gasteiger partial charge in [-0.1, -0.05) is 11.5 Å². The molecule has 15 heteroatoms. The Balaban J connectivity index is 0. The van der Waals surface area contributed by atoms with Gasteiger partial charge in [0.25, 0.3) is 0 Å². The molecular weight excluding hydrogens is 1020 g/mol. The minimum atomic E-state index is -0.819. The van der Waals surface area contributed by atoms with Gasteiger partial charge in [0.1, 0.15) is 0 Å². The molecule has 421 valence electrons. The molecule has 0 atom stereocenters. The van der Waals surface area contributed by atoms with E-state index in [1.54, 1.807) is 40.1 Å². The molecule has 0 aromatic carbocycles. The summed E-state index contributed by atoms with van der Waals surface area (Å²) in [5, 5.41) is 24.7. The Hall–Kier alpha value is -0.391. The first-order chi connectivity index (χ1) is 31.6. The van der Waals surface area contributed by atoms with E-state index in [1.165, 1.54) is 37.0 Å². The molecule has 0 fully saturated rings. The second kappa shape index (κ2) is 30.5. The quantitative estimate of drug-likeness (QED) is 0.0403. The molecule has 0 unspecified atom stereocenters. The van der Waals surface area contributed by atoms with Crippen LogP contribution in [0.3, 0.4) is 0 Å². The Kier molecular flexibility index (Phi) is 31.2. The van der Waals surface area contributed by atoms with Crippen LogP contribution in [0.25, 0.3) is 0 Å². The van der Waals surface area contributed by atoms with E-state index < -0.39 is 38.2 Å². The van der Waals surface area contributed by atoms with E-state index in [9.17, 15) is 10.2 Å². The van der Waals surface area contributed by atoms with Crippen molar-refractivity contribution in [1.29, 1.82) is 0 Å². The van der Waals surface area contributed by atoms with E-state index in [0.29, 0.717) is 24.2 Å². The van der Waals surface area contributed by atoms with Gasteiger partial charge in [-0.3, -0.25) is 9.98 Å². The Morgan fingerprint density at radius 2 is 0.577 bits per heavy atom. The zero-order valence-electron chi connectivity index (χ0n) is 50.4. The fourth-order valence-electron chi connectivity index (χ4n) is 7.76. The first-order valence-corrected chi connectivity index (χ1v) is 30.1. The van der Waals surface area contributed by atoms with Crippen molar-refractivity contribution < 1.29 is 68.2 Å². The van der Waals surface area contributed by atoms with Crippen LogP contribution in [0, 0.1) is 0 Å². The SMILES string of the molecule is CC1(C)OC(C)(C)C(C=NCCN=CC2=C([O-])C(C)(C)OC2(C)C)=C1[O-].COC(C)(C)CC[PH+](CCC(C)(C)OC)CCC(C)(C)OC.COC(C)(C)CC[PH+](CCC(C)(C)OC)CCC(C)(C)OC.[99Tc]. The number of nitrogens with zero attached hydrogens (tertiary/aromatic N) is 2. The molecule has 0 N–H and O–H groups in total. The molecule has 2 aliphatic heterocycles. The van der Waals surface area contributed by atoms with E-state index in [2.05, 4.69) is 93.1 Å². The summed E-state index contributed by atoms with van der Waals surface area (Å²) in [5.74, 6) is -0.0778. The molecule has 12 nitrogen and oxygen atoms in total.